The van der Waals surface area contributed by atoms with E-state index in [2.05, 4.69) is 0 Å². The van der Waals surface area contributed by atoms with Gasteiger partial charge in [-0.1, -0.05) is 24.3 Å². The van der Waals surface area contributed by atoms with E-state index in [1.165, 1.54) is 12.1 Å². The number of hydrogen-bond donors (Lipinski definition) is 1. The molecule has 0 aliphatic carbocycles. The van der Waals surface area contributed by atoms with Crippen molar-refractivity contribution in [2.45, 2.75) is 6.61 Å². The molecule has 0 bridgehead atoms. The fraction of sp³-hybridized carbons (Fsp3) is 0.0714. The lowest BCUT2D eigenvalue weighted by Crippen LogP contribution is -1.86. The van der Waals surface area contributed by atoms with Crippen LogP contribution in [0.25, 0.3) is 11.1 Å². The first-order chi connectivity index (χ1) is 8.22. The smallest absolute Gasteiger partial charge is 0.125 e. The zero-order chi connectivity index (χ0) is 12.3. The molecule has 0 unspecified atom stereocenters. The average Bonchev–Trinajstić information content (AvgIpc) is 2.38. The van der Waals surface area contributed by atoms with Gasteiger partial charge in [-0.2, -0.15) is 5.26 Å². The number of halogens is 1. The molecule has 0 spiro atoms. The predicted octanol–water partition coefficient (Wildman–Crippen LogP) is 2.86. The van der Waals surface area contributed by atoms with E-state index in [4.69, 9.17) is 10.4 Å². The molecule has 0 amide bonds. The van der Waals surface area contributed by atoms with Crippen LogP contribution in [0, 0.1) is 17.1 Å². The van der Waals surface area contributed by atoms with Gasteiger partial charge in [0, 0.05) is 0 Å². The molecule has 2 rings (SSSR count). The third-order valence-corrected chi connectivity index (χ3v) is 2.50. The molecule has 0 saturated carbocycles. The summed E-state index contributed by atoms with van der Waals surface area (Å²) in [4.78, 5) is 0. The molecule has 0 saturated heterocycles. The van der Waals surface area contributed by atoms with Crippen molar-refractivity contribution in [3.8, 4) is 17.2 Å². The Morgan fingerprint density at radius 1 is 1.06 bits per heavy atom. The van der Waals surface area contributed by atoms with Crippen LogP contribution >= 0.6 is 0 Å². The molecule has 2 nitrogen and oxygen atoms in total. The number of aliphatic hydroxyl groups excluding tert-OH is 1. The fourth-order valence-corrected chi connectivity index (χ4v) is 1.62. The highest BCUT2D eigenvalue weighted by Gasteiger charge is 2.03. The maximum Gasteiger partial charge on any atom is 0.125 e. The molecular weight excluding hydrogens is 217 g/mol. The van der Waals surface area contributed by atoms with Crippen molar-refractivity contribution in [1.82, 2.24) is 0 Å². The van der Waals surface area contributed by atoms with Crippen molar-refractivity contribution in [1.29, 1.82) is 5.26 Å². The van der Waals surface area contributed by atoms with Crippen LogP contribution < -0.4 is 0 Å². The van der Waals surface area contributed by atoms with Crippen molar-refractivity contribution in [3.63, 3.8) is 0 Å². The number of benzene rings is 2. The van der Waals surface area contributed by atoms with E-state index < -0.39 is 5.82 Å². The van der Waals surface area contributed by atoms with Crippen molar-refractivity contribution in [2.75, 3.05) is 0 Å². The van der Waals surface area contributed by atoms with Gasteiger partial charge in [0.1, 0.15) is 5.82 Å². The van der Waals surface area contributed by atoms with Crippen LogP contribution in [-0.4, -0.2) is 5.11 Å². The van der Waals surface area contributed by atoms with Gasteiger partial charge in [0.15, 0.2) is 0 Å². The van der Waals surface area contributed by atoms with E-state index in [-0.39, 0.29) is 6.61 Å². The van der Waals surface area contributed by atoms with Gasteiger partial charge in [0.05, 0.1) is 18.2 Å². The van der Waals surface area contributed by atoms with Crippen LogP contribution in [0.15, 0.2) is 42.5 Å². The Kier molecular flexibility index (Phi) is 3.17. The number of nitrogens with zero attached hydrogens (tertiary/aromatic N) is 1. The van der Waals surface area contributed by atoms with E-state index in [1.54, 1.807) is 30.3 Å². The lowest BCUT2D eigenvalue weighted by Gasteiger charge is -2.04. The van der Waals surface area contributed by atoms with Gasteiger partial charge >= 0.3 is 0 Å². The summed E-state index contributed by atoms with van der Waals surface area (Å²) in [6.45, 7) is -0.0210. The van der Waals surface area contributed by atoms with Crippen LogP contribution in [0.2, 0.25) is 0 Å². The second-order valence-corrected chi connectivity index (χ2v) is 3.70. The summed E-state index contributed by atoms with van der Waals surface area (Å²) in [5.41, 5.74) is 2.57. The van der Waals surface area contributed by atoms with Gasteiger partial charge in [-0.25, -0.2) is 4.39 Å². The minimum atomic E-state index is -0.426. The van der Waals surface area contributed by atoms with E-state index in [0.29, 0.717) is 11.1 Å². The lowest BCUT2D eigenvalue weighted by atomic mass is 10.0. The molecule has 0 fully saturated rings. The molecule has 0 radical (unpaired) electrons. The minimum absolute atomic E-state index is 0.0210. The van der Waals surface area contributed by atoms with Crippen molar-refractivity contribution in [2.24, 2.45) is 0 Å². The highest BCUT2D eigenvalue weighted by Crippen LogP contribution is 2.22. The quantitative estimate of drug-likeness (QED) is 0.857. The second kappa shape index (κ2) is 4.77. The van der Waals surface area contributed by atoms with Crippen LogP contribution in [0.1, 0.15) is 11.1 Å². The van der Waals surface area contributed by atoms with Crippen molar-refractivity contribution >= 4 is 0 Å². The third-order valence-electron chi connectivity index (χ3n) is 2.50. The summed E-state index contributed by atoms with van der Waals surface area (Å²) in [5.74, 6) is -0.426. The first-order valence-corrected chi connectivity index (χ1v) is 5.14. The summed E-state index contributed by atoms with van der Waals surface area (Å²) < 4.78 is 13.3. The second-order valence-electron chi connectivity index (χ2n) is 3.70. The average molecular weight is 227 g/mol. The van der Waals surface area contributed by atoms with E-state index in [1.807, 2.05) is 6.07 Å². The molecule has 2 aromatic rings. The van der Waals surface area contributed by atoms with Gasteiger partial charge in [-0.15, -0.1) is 0 Å². The summed E-state index contributed by atoms with van der Waals surface area (Å²) in [5, 5.41) is 17.7. The molecule has 3 heteroatoms. The topological polar surface area (TPSA) is 44.0 Å². The molecule has 17 heavy (non-hydrogen) atoms. The molecule has 2 aromatic carbocycles. The van der Waals surface area contributed by atoms with Crippen LogP contribution in [-0.2, 0) is 6.61 Å². The summed E-state index contributed by atoms with van der Waals surface area (Å²) in [7, 11) is 0. The van der Waals surface area contributed by atoms with Gasteiger partial charge in [0.2, 0.25) is 0 Å². The Morgan fingerprint density at radius 2 is 1.76 bits per heavy atom. The summed E-state index contributed by atoms with van der Waals surface area (Å²) in [6, 6.07) is 13.3. The number of hydrogen-bond acceptors (Lipinski definition) is 2. The summed E-state index contributed by atoms with van der Waals surface area (Å²) in [6.07, 6.45) is 0. The molecule has 0 atom stereocenters. The van der Waals surface area contributed by atoms with E-state index in [0.717, 1.165) is 11.1 Å². The maximum atomic E-state index is 13.3. The molecule has 0 aromatic heterocycles. The maximum absolute atomic E-state index is 13.3. The number of nitriles is 1. The van der Waals surface area contributed by atoms with Crippen LogP contribution in [0.5, 0.6) is 0 Å². The fourth-order valence-electron chi connectivity index (χ4n) is 1.62. The van der Waals surface area contributed by atoms with E-state index in [9.17, 15) is 4.39 Å². The standard InChI is InChI=1S/C14H10FNO/c15-14-6-11(8-16)5-13(7-14)12-3-1-10(9-17)2-4-12/h1-7,17H,9H2. The molecule has 84 valence electrons. The zero-order valence-corrected chi connectivity index (χ0v) is 9.02. The Hall–Kier alpha value is -2.18. The zero-order valence-electron chi connectivity index (χ0n) is 9.02. The summed E-state index contributed by atoms with van der Waals surface area (Å²) >= 11 is 0. The van der Waals surface area contributed by atoms with Gasteiger partial charge in [-0.3, -0.25) is 0 Å². The Bertz CT molecular complexity index is 570. The predicted molar refractivity (Wildman–Crippen MR) is 62.5 cm³/mol. The van der Waals surface area contributed by atoms with Gasteiger partial charge < -0.3 is 5.11 Å². The molecule has 0 aliphatic rings. The third kappa shape index (κ3) is 2.49. The van der Waals surface area contributed by atoms with Crippen molar-refractivity contribution in [3.05, 3.63) is 59.4 Å². The Labute approximate surface area is 98.6 Å². The Balaban J connectivity index is 2.45. The van der Waals surface area contributed by atoms with E-state index >= 15 is 0 Å². The van der Waals surface area contributed by atoms with Crippen LogP contribution in [0.4, 0.5) is 4.39 Å². The van der Waals surface area contributed by atoms with Gasteiger partial charge in [-0.05, 0) is 34.9 Å². The lowest BCUT2D eigenvalue weighted by molar-refractivity contribution is 0.282. The molecule has 1 N–H and O–H groups in total. The normalized spacial score (nSPS) is 9.94. The Morgan fingerprint density at radius 3 is 2.35 bits per heavy atom. The first kappa shape index (κ1) is 11.3. The van der Waals surface area contributed by atoms with Gasteiger partial charge in [0.25, 0.3) is 0 Å². The SMILES string of the molecule is N#Cc1cc(F)cc(-c2ccc(CO)cc2)c1. The van der Waals surface area contributed by atoms with Crippen LogP contribution in [0.3, 0.4) is 0 Å². The number of aliphatic hydroxyl groups is 1. The monoisotopic (exact) mass is 227 g/mol. The molecular formula is C14H10FNO. The molecule has 0 heterocycles. The minimum Gasteiger partial charge on any atom is -0.392 e. The van der Waals surface area contributed by atoms with Crippen molar-refractivity contribution < 1.29 is 9.50 Å². The highest BCUT2D eigenvalue weighted by atomic mass is 19.1. The number of rotatable bonds is 2. The largest absolute Gasteiger partial charge is 0.392 e. The first-order valence-electron chi connectivity index (χ1n) is 5.14. The molecule has 0 aliphatic heterocycles. The highest BCUT2D eigenvalue weighted by molar-refractivity contribution is 5.65.